The molecule has 17 heteroatoms. The molecule has 0 atom stereocenters. The predicted octanol–water partition coefficient (Wildman–Crippen LogP) is 4.28. The largest absolute Gasteiger partial charge is 0.475 e. The molecule has 0 aliphatic heterocycles. The number of halogens is 13. The SMILES string of the molecule is COC(=O)C(F)(F)C(F)(F)OC(F)(F)C(F)(F)C(F)(F)OC(F)=C(F)F. The summed E-state index contributed by atoms with van der Waals surface area (Å²) in [6.45, 7) is 0. The number of rotatable bonds is 8. The van der Waals surface area contributed by atoms with Gasteiger partial charge >= 0.3 is 48.2 Å². The highest BCUT2D eigenvalue weighted by atomic mass is 19.4. The summed E-state index contributed by atoms with van der Waals surface area (Å²) in [4.78, 5) is 10.4. The van der Waals surface area contributed by atoms with Crippen molar-refractivity contribution in [1.82, 2.24) is 0 Å². The van der Waals surface area contributed by atoms with Crippen LogP contribution in [-0.2, 0) is 19.0 Å². The lowest BCUT2D eigenvalue weighted by Gasteiger charge is -2.34. The van der Waals surface area contributed by atoms with Gasteiger partial charge in [0.25, 0.3) is 0 Å². The molecule has 0 aromatic rings. The maximum absolute atomic E-state index is 12.9. The normalized spacial score (nSPS) is 14.1. The smallest absolute Gasteiger partial charge is 0.464 e. The Bertz CT molecular complexity index is 566. The summed E-state index contributed by atoms with van der Waals surface area (Å²) in [5.41, 5.74) is 0. The molecular weight excluding hydrogens is 419 g/mol. The van der Waals surface area contributed by atoms with Crippen LogP contribution in [0.2, 0.25) is 0 Å². The minimum atomic E-state index is -7.41. The topological polar surface area (TPSA) is 44.8 Å². The van der Waals surface area contributed by atoms with Gasteiger partial charge < -0.3 is 9.47 Å². The van der Waals surface area contributed by atoms with Gasteiger partial charge in [-0.15, -0.1) is 0 Å². The quantitative estimate of drug-likeness (QED) is 0.333. The van der Waals surface area contributed by atoms with Crippen LogP contribution in [0.3, 0.4) is 0 Å². The van der Waals surface area contributed by atoms with E-state index in [-0.39, 0.29) is 7.11 Å². The molecule has 4 nitrogen and oxygen atoms in total. The Kier molecular flexibility index (Phi) is 6.47. The van der Waals surface area contributed by atoms with E-state index in [0.29, 0.717) is 0 Å². The van der Waals surface area contributed by atoms with Gasteiger partial charge in [0.15, 0.2) is 0 Å². The van der Waals surface area contributed by atoms with Crippen molar-refractivity contribution in [2.45, 2.75) is 30.2 Å². The first-order valence-corrected chi connectivity index (χ1v) is 5.34. The molecule has 0 bridgehead atoms. The number of carbonyl (C=O) groups excluding carboxylic acids is 1. The zero-order valence-electron chi connectivity index (χ0n) is 11.5. The fourth-order valence-corrected chi connectivity index (χ4v) is 0.921. The zero-order chi connectivity index (χ0) is 21.4. The van der Waals surface area contributed by atoms with Crippen LogP contribution in [-0.4, -0.2) is 43.2 Å². The van der Waals surface area contributed by atoms with Crippen LogP contribution < -0.4 is 0 Å². The molecule has 0 aliphatic carbocycles. The summed E-state index contributed by atoms with van der Waals surface area (Å²) >= 11 is 0. The Morgan fingerprint density at radius 2 is 1.15 bits per heavy atom. The summed E-state index contributed by atoms with van der Waals surface area (Å²) < 4.78 is 170. The number of methoxy groups -OCH3 is 1. The summed E-state index contributed by atoms with van der Waals surface area (Å²) in [5, 5.41) is 0. The number of alkyl halides is 10. The first-order valence-electron chi connectivity index (χ1n) is 5.34. The van der Waals surface area contributed by atoms with E-state index in [1.165, 1.54) is 0 Å². The van der Waals surface area contributed by atoms with Crippen molar-refractivity contribution in [2.75, 3.05) is 7.11 Å². The van der Waals surface area contributed by atoms with E-state index in [4.69, 9.17) is 0 Å². The number of ether oxygens (including phenoxy) is 3. The van der Waals surface area contributed by atoms with E-state index < -0.39 is 48.2 Å². The monoisotopic (exact) mass is 422 g/mol. The maximum atomic E-state index is 12.9. The summed E-state index contributed by atoms with van der Waals surface area (Å²) in [7, 11) is 0.0294. The van der Waals surface area contributed by atoms with Crippen LogP contribution in [0.1, 0.15) is 0 Å². The van der Waals surface area contributed by atoms with Crippen LogP contribution in [0, 0.1) is 0 Å². The van der Waals surface area contributed by atoms with E-state index in [1.807, 2.05) is 4.74 Å². The van der Waals surface area contributed by atoms with E-state index in [0.717, 1.165) is 0 Å². The van der Waals surface area contributed by atoms with Gasteiger partial charge in [-0.05, 0) is 0 Å². The highest BCUT2D eigenvalue weighted by Crippen LogP contribution is 2.51. The van der Waals surface area contributed by atoms with Crippen LogP contribution in [0.25, 0.3) is 0 Å². The van der Waals surface area contributed by atoms with Crippen molar-refractivity contribution in [3.8, 4) is 0 Å². The van der Waals surface area contributed by atoms with Gasteiger partial charge in [0.1, 0.15) is 0 Å². The van der Waals surface area contributed by atoms with E-state index >= 15 is 0 Å². The van der Waals surface area contributed by atoms with Crippen LogP contribution in [0.4, 0.5) is 57.1 Å². The molecule has 0 spiro atoms. The molecular formula is C9H3F13O4. The Hall–Kier alpha value is -1.94. The summed E-state index contributed by atoms with van der Waals surface area (Å²) in [5.74, 6) is -17.1. The zero-order valence-corrected chi connectivity index (χ0v) is 11.5. The second-order valence-corrected chi connectivity index (χ2v) is 3.93. The lowest BCUT2D eigenvalue weighted by atomic mass is 10.2. The second-order valence-electron chi connectivity index (χ2n) is 3.93. The van der Waals surface area contributed by atoms with Crippen molar-refractivity contribution in [3.63, 3.8) is 0 Å². The lowest BCUT2D eigenvalue weighted by molar-refractivity contribution is -0.501. The summed E-state index contributed by atoms with van der Waals surface area (Å²) in [6, 6.07) is -3.81. The number of esters is 1. The molecule has 0 unspecified atom stereocenters. The average Bonchev–Trinajstić information content (AvgIpc) is 2.43. The molecule has 0 saturated heterocycles. The second kappa shape index (κ2) is 6.99. The average molecular weight is 422 g/mol. The standard InChI is InChI=1S/C9H3F13O4/c1-24-4(23)5(13,14)7(17,18)26-9(21,22)6(15,16)8(19,20)25-3(12)2(10)11/h1H3. The first kappa shape index (κ1) is 24.1. The van der Waals surface area contributed by atoms with Gasteiger partial charge in [-0.3, -0.25) is 0 Å². The van der Waals surface area contributed by atoms with Crippen LogP contribution >= 0.6 is 0 Å². The van der Waals surface area contributed by atoms with Crippen molar-refractivity contribution >= 4 is 5.97 Å². The van der Waals surface area contributed by atoms with E-state index in [2.05, 4.69) is 4.74 Å². The molecule has 0 rings (SSSR count). The molecule has 0 aromatic carbocycles. The maximum Gasteiger partial charge on any atom is 0.475 e. The van der Waals surface area contributed by atoms with Crippen molar-refractivity contribution in [3.05, 3.63) is 12.1 Å². The van der Waals surface area contributed by atoms with Gasteiger partial charge in [0.2, 0.25) is 0 Å². The van der Waals surface area contributed by atoms with Crippen LogP contribution in [0.15, 0.2) is 12.1 Å². The third-order valence-corrected chi connectivity index (χ3v) is 2.16. The molecule has 0 amide bonds. The fourth-order valence-electron chi connectivity index (χ4n) is 0.921. The highest BCUT2D eigenvalue weighted by molar-refractivity contribution is 5.78. The molecule has 0 heterocycles. The van der Waals surface area contributed by atoms with Gasteiger partial charge in [-0.1, -0.05) is 0 Å². The third-order valence-electron chi connectivity index (χ3n) is 2.16. The molecule has 0 aliphatic rings. The van der Waals surface area contributed by atoms with Crippen molar-refractivity contribution in [1.29, 1.82) is 0 Å². The number of hydrogen-bond acceptors (Lipinski definition) is 4. The Morgan fingerprint density at radius 1 is 0.731 bits per heavy atom. The summed E-state index contributed by atoms with van der Waals surface area (Å²) in [6.07, 6.45) is -25.0. The van der Waals surface area contributed by atoms with Gasteiger partial charge in [0.05, 0.1) is 7.11 Å². The Balaban J connectivity index is 5.86. The molecule has 26 heavy (non-hydrogen) atoms. The van der Waals surface area contributed by atoms with E-state index in [9.17, 15) is 61.9 Å². The molecule has 0 saturated carbocycles. The van der Waals surface area contributed by atoms with Crippen molar-refractivity contribution in [2.24, 2.45) is 0 Å². The van der Waals surface area contributed by atoms with Crippen molar-refractivity contribution < 1.29 is 76.1 Å². The molecule has 0 fully saturated rings. The highest BCUT2D eigenvalue weighted by Gasteiger charge is 2.80. The first-order chi connectivity index (χ1) is 11.3. The minimum absolute atomic E-state index is 0.0294. The minimum Gasteiger partial charge on any atom is -0.464 e. The fraction of sp³-hybridized carbons (Fsp3) is 0.667. The van der Waals surface area contributed by atoms with Crippen LogP contribution in [0.5, 0.6) is 0 Å². The van der Waals surface area contributed by atoms with E-state index in [1.54, 1.807) is 4.74 Å². The molecule has 0 aromatic heterocycles. The number of hydrogen-bond donors (Lipinski definition) is 0. The number of carbonyl (C=O) groups is 1. The molecule has 0 radical (unpaired) electrons. The third kappa shape index (κ3) is 4.24. The Morgan fingerprint density at radius 3 is 1.50 bits per heavy atom. The van der Waals surface area contributed by atoms with Gasteiger partial charge in [-0.25, -0.2) is 9.53 Å². The van der Waals surface area contributed by atoms with Gasteiger partial charge in [-0.2, -0.15) is 57.1 Å². The van der Waals surface area contributed by atoms with Gasteiger partial charge in [0, 0.05) is 0 Å². The lowest BCUT2D eigenvalue weighted by Crippen LogP contribution is -2.61. The molecule has 154 valence electrons. The Labute approximate surface area is 133 Å². The predicted molar refractivity (Wildman–Crippen MR) is 49.3 cm³/mol. The molecule has 0 N–H and O–H groups in total.